The van der Waals surface area contributed by atoms with Gasteiger partial charge in [0.05, 0.1) is 27.6 Å². The maximum atomic E-state index is 6.32. The highest BCUT2D eigenvalue weighted by atomic mass is 32.2. The van der Waals surface area contributed by atoms with Crippen molar-refractivity contribution < 1.29 is 0 Å². The largest absolute Gasteiger partial charge is 0.386 e. The van der Waals surface area contributed by atoms with Crippen LogP contribution in [0.2, 0.25) is 0 Å². The van der Waals surface area contributed by atoms with Crippen LogP contribution in [0.4, 0.5) is 11.5 Å². The van der Waals surface area contributed by atoms with Gasteiger partial charge in [-0.3, -0.25) is 9.97 Å². The number of nitrogens with two attached hydrogens (primary N) is 1. The molecule has 0 unspecified atom stereocenters. The summed E-state index contributed by atoms with van der Waals surface area (Å²) in [6.07, 6.45) is 4.57. The van der Waals surface area contributed by atoms with Crippen LogP contribution in [0.5, 0.6) is 0 Å². The Morgan fingerprint density at radius 1 is 1.15 bits per heavy atom. The Kier molecular flexibility index (Phi) is 4.81. The molecule has 0 radical (unpaired) electrons. The SMILES string of the molecule is CNc1cccc2c1[nH]c1nc(Sc3cnc4cccnc4c3)nc(N3C[C@H](N)C[C@H]3C)c12. The Bertz CT molecular complexity index is 1500. The lowest BCUT2D eigenvalue weighted by Crippen LogP contribution is -2.30. The number of aromatic nitrogens is 5. The van der Waals surface area contributed by atoms with Crippen molar-refractivity contribution in [3.05, 3.63) is 48.8 Å². The van der Waals surface area contributed by atoms with Crippen LogP contribution >= 0.6 is 11.8 Å². The smallest absolute Gasteiger partial charge is 0.196 e. The van der Waals surface area contributed by atoms with Crippen molar-refractivity contribution in [2.24, 2.45) is 5.73 Å². The van der Waals surface area contributed by atoms with Gasteiger partial charge in [0, 0.05) is 48.4 Å². The molecular formula is C24H24N8S. The highest BCUT2D eigenvalue weighted by molar-refractivity contribution is 7.99. The van der Waals surface area contributed by atoms with E-state index in [-0.39, 0.29) is 6.04 Å². The highest BCUT2D eigenvalue weighted by Gasteiger charge is 2.30. The number of pyridine rings is 2. The molecule has 33 heavy (non-hydrogen) atoms. The summed E-state index contributed by atoms with van der Waals surface area (Å²) in [6, 6.07) is 12.5. The molecule has 2 atom stereocenters. The first-order valence-corrected chi connectivity index (χ1v) is 11.8. The molecule has 1 aliphatic heterocycles. The van der Waals surface area contributed by atoms with Gasteiger partial charge in [0.15, 0.2) is 5.16 Å². The Morgan fingerprint density at radius 2 is 2.06 bits per heavy atom. The summed E-state index contributed by atoms with van der Waals surface area (Å²) in [5, 5.41) is 6.08. The number of fused-ring (bicyclic) bond motifs is 4. The number of hydrogen-bond acceptors (Lipinski definition) is 8. The molecule has 166 valence electrons. The molecule has 0 spiro atoms. The van der Waals surface area contributed by atoms with E-state index in [1.807, 2.05) is 31.4 Å². The van der Waals surface area contributed by atoms with Gasteiger partial charge in [-0.25, -0.2) is 9.97 Å². The van der Waals surface area contributed by atoms with E-state index >= 15 is 0 Å². The van der Waals surface area contributed by atoms with Gasteiger partial charge in [-0.05, 0) is 49.4 Å². The fourth-order valence-corrected chi connectivity index (χ4v) is 5.46. The Hall–Kier alpha value is -3.43. The molecule has 8 nitrogen and oxygen atoms in total. The lowest BCUT2D eigenvalue weighted by molar-refractivity contribution is 0.688. The molecule has 9 heteroatoms. The maximum Gasteiger partial charge on any atom is 0.196 e. The molecule has 1 aromatic carbocycles. The van der Waals surface area contributed by atoms with Gasteiger partial charge in [-0.2, -0.15) is 0 Å². The van der Waals surface area contributed by atoms with E-state index in [4.69, 9.17) is 15.7 Å². The first-order chi connectivity index (χ1) is 16.1. The van der Waals surface area contributed by atoms with Crippen LogP contribution < -0.4 is 16.0 Å². The number of H-pyrrole nitrogens is 1. The first-order valence-electron chi connectivity index (χ1n) is 11.0. The molecule has 1 saturated heterocycles. The first kappa shape index (κ1) is 20.2. The van der Waals surface area contributed by atoms with E-state index in [0.29, 0.717) is 11.2 Å². The third-order valence-electron chi connectivity index (χ3n) is 6.23. The van der Waals surface area contributed by atoms with E-state index in [1.54, 1.807) is 6.20 Å². The summed E-state index contributed by atoms with van der Waals surface area (Å²) in [4.78, 5) is 25.7. The summed E-state index contributed by atoms with van der Waals surface area (Å²) < 4.78 is 0. The fourth-order valence-electron chi connectivity index (χ4n) is 4.71. The third-order valence-corrected chi connectivity index (χ3v) is 7.05. The van der Waals surface area contributed by atoms with Crippen LogP contribution in [0.3, 0.4) is 0 Å². The van der Waals surface area contributed by atoms with E-state index in [2.05, 4.69) is 50.3 Å². The van der Waals surface area contributed by atoms with Crippen molar-refractivity contribution in [2.75, 3.05) is 23.8 Å². The second-order valence-corrected chi connectivity index (χ2v) is 9.51. The van der Waals surface area contributed by atoms with Crippen LogP contribution in [0, 0.1) is 0 Å². The lowest BCUT2D eigenvalue weighted by Gasteiger charge is -2.23. The number of nitrogens with zero attached hydrogens (tertiary/aromatic N) is 5. The van der Waals surface area contributed by atoms with Crippen LogP contribution in [0.15, 0.2) is 58.8 Å². The zero-order valence-corrected chi connectivity index (χ0v) is 19.2. The minimum atomic E-state index is 0.134. The molecule has 0 saturated carbocycles. The van der Waals surface area contributed by atoms with Crippen LogP contribution in [-0.2, 0) is 0 Å². The average Bonchev–Trinajstić information content (AvgIpc) is 3.37. The van der Waals surface area contributed by atoms with Gasteiger partial charge in [-0.15, -0.1) is 0 Å². The normalized spacial score (nSPS) is 18.6. The molecule has 4 aromatic heterocycles. The molecule has 1 fully saturated rings. The second kappa shape index (κ2) is 7.86. The maximum absolute atomic E-state index is 6.32. The van der Waals surface area contributed by atoms with Crippen molar-refractivity contribution in [3.63, 3.8) is 0 Å². The summed E-state index contributed by atoms with van der Waals surface area (Å²) in [6.45, 7) is 2.98. The van der Waals surface area contributed by atoms with Gasteiger partial charge in [-0.1, -0.05) is 12.1 Å². The monoisotopic (exact) mass is 456 g/mol. The van der Waals surface area contributed by atoms with Crippen molar-refractivity contribution in [1.29, 1.82) is 0 Å². The highest BCUT2D eigenvalue weighted by Crippen LogP contribution is 2.39. The minimum absolute atomic E-state index is 0.134. The van der Waals surface area contributed by atoms with E-state index < -0.39 is 0 Å². The van der Waals surface area contributed by atoms with E-state index in [1.165, 1.54) is 11.8 Å². The van der Waals surface area contributed by atoms with Crippen LogP contribution in [0.1, 0.15) is 13.3 Å². The van der Waals surface area contributed by atoms with Crippen molar-refractivity contribution in [3.8, 4) is 0 Å². The molecule has 0 bridgehead atoms. The quantitative estimate of drug-likeness (QED) is 0.346. The Morgan fingerprint density at radius 3 is 2.88 bits per heavy atom. The number of para-hydroxylation sites is 1. The molecule has 5 aromatic rings. The van der Waals surface area contributed by atoms with Crippen LogP contribution in [-0.4, -0.2) is 50.6 Å². The summed E-state index contributed by atoms with van der Waals surface area (Å²) >= 11 is 1.49. The van der Waals surface area contributed by atoms with Gasteiger partial charge >= 0.3 is 0 Å². The Labute approximate surface area is 195 Å². The second-order valence-electron chi connectivity index (χ2n) is 8.47. The average molecular weight is 457 g/mol. The number of rotatable bonds is 4. The predicted molar refractivity (Wildman–Crippen MR) is 134 cm³/mol. The fraction of sp³-hybridized carbons (Fsp3) is 0.250. The van der Waals surface area contributed by atoms with Gasteiger partial charge < -0.3 is 20.9 Å². The van der Waals surface area contributed by atoms with Gasteiger partial charge in [0.2, 0.25) is 0 Å². The molecule has 4 N–H and O–H groups in total. The van der Waals surface area contributed by atoms with Gasteiger partial charge in [0.25, 0.3) is 0 Å². The molecule has 5 heterocycles. The predicted octanol–water partition coefficient (Wildman–Crippen LogP) is 4.17. The van der Waals surface area contributed by atoms with Crippen molar-refractivity contribution >= 4 is 56.2 Å². The third kappa shape index (κ3) is 3.44. The molecular weight excluding hydrogens is 432 g/mol. The summed E-state index contributed by atoms with van der Waals surface area (Å²) in [5.41, 5.74) is 10.9. The number of hydrogen-bond donors (Lipinski definition) is 3. The number of anilines is 2. The number of aromatic amines is 1. The van der Waals surface area contributed by atoms with Crippen molar-refractivity contribution in [1.82, 2.24) is 24.9 Å². The van der Waals surface area contributed by atoms with Crippen LogP contribution in [0.25, 0.3) is 33.0 Å². The molecule has 1 aliphatic rings. The lowest BCUT2D eigenvalue weighted by atomic mass is 10.1. The van der Waals surface area contributed by atoms with E-state index in [9.17, 15) is 0 Å². The van der Waals surface area contributed by atoms with Crippen molar-refractivity contribution in [2.45, 2.75) is 35.5 Å². The molecule has 0 amide bonds. The molecule has 6 rings (SSSR count). The number of nitrogens with one attached hydrogen (secondary N) is 2. The minimum Gasteiger partial charge on any atom is -0.386 e. The van der Waals surface area contributed by atoms with Gasteiger partial charge in [0.1, 0.15) is 11.5 Å². The summed E-state index contributed by atoms with van der Waals surface area (Å²) in [7, 11) is 1.93. The number of benzene rings is 1. The van der Waals surface area contributed by atoms with E-state index in [0.717, 1.165) is 62.3 Å². The zero-order valence-electron chi connectivity index (χ0n) is 18.4. The zero-order chi connectivity index (χ0) is 22.5. The topological polar surface area (TPSA) is 109 Å². The summed E-state index contributed by atoms with van der Waals surface area (Å²) in [5.74, 6) is 0.925. The Balaban J connectivity index is 1.53. The standard InChI is InChI=1S/C24H24N8S/c1-13-9-14(25)12-32(13)23-20-16-5-3-6-18(26-2)21(16)29-22(20)30-24(31-23)33-15-10-19-17(28-11-15)7-4-8-27-19/h3-8,10-11,13-14,26H,9,12,25H2,1-2H3,(H,29,30,31)/t13-,14-/m1/s1. The molecule has 0 aliphatic carbocycles.